The molecule has 0 bridgehead atoms. The van der Waals surface area contributed by atoms with Crippen LogP contribution < -0.4 is 0 Å². The molecule has 0 spiro atoms. The number of rotatable bonds is 3. The van der Waals surface area contributed by atoms with Gasteiger partial charge in [0, 0.05) is 19.5 Å². The molecule has 104 valence electrons. The van der Waals surface area contributed by atoms with Crippen LogP contribution in [0.4, 0.5) is 0 Å². The van der Waals surface area contributed by atoms with E-state index in [1.54, 1.807) is 17.0 Å². The van der Waals surface area contributed by atoms with E-state index >= 15 is 0 Å². The highest BCUT2D eigenvalue weighted by atomic mass is 16.3. The Kier molecular flexibility index (Phi) is 4.43. The summed E-state index contributed by atoms with van der Waals surface area (Å²) < 4.78 is 0. The number of aliphatic hydroxyl groups is 1. The van der Waals surface area contributed by atoms with Gasteiger partial charge in [0.2, 0.25) is 5.91 Å². The molecular formula is C15H21NO3. The van der Waals surface area contributed by atoms with Crippen LogP contribution in [0.2, 0.25) is 0 Å². The predicted molar refractivity (Wildman–Crippen MR) is 72.8 cm³/mol. The van der Waals surface area contributed by atoms with Crippen molar-refractivity contribution in [1.82, 2.24) is 4.90 Å². The lowest BCUT2D eigenvalue weighted by Crippen LogP contribution is -2.45. The molecule has 0 aliphatic carbocycles. The van der Waals surface area contributed by atoms with Crippen molar-refractivity contribution in [2.24, 2.45) is 5.92 Å². The first kappa shape index (κ1) is 13.9. The standard InChI is InChI=1S/C15H21NO3/c1-11-8-9-16(10-14(11)18)15(19)7-6-12-4-2-3-5-13(12)17/h2-5,11,14,17-18H,6-10H2,1H3. The van der Waals surface area contributed by atoms with Gasteiger partial charge in [0.1, 0.15) is 5.75 Å². The van der Waals surface area contributed by atoms with Crippen LogP contribution in [0.3, 0.4) is 0 Å². The number of carbonyl (C=O) groups is 1. The van der Waals surface area contributed by atoms with Crippen molar-refractivity contribution < 1.29 is 15.0 Å². The Balaban J connectivity index is 1.87. The molecule has 4 heteroatoms. The molecule has 1 amide bonds. The number of benzene rings is 1. The third-order valence-electron chi connectivity index (χ3n) is 3.87. The Morgan fingerprint density at radius 2 is 2.16 bits per heavy atom. The van der Waals surface area contributed by atoms with Crippen LogP contribution in [0.15, 0.2) is 24.3 Å². The van der Waals surface area contributed by atoms with E-state index in [0.717, 1.165) is 18.5 Å². The lowest BCUT2D eigenvalue weighted by molar-refractivity contribution is -0.135. The van der Waals surface area contributed by atoms with Crippen molar-refractivity contribution in [3.8, 4) is 5.75 Å². The van der Waals surface area contributed by atoms with Crippen molar-refractivity contribution >= 4 is 5.91 Å². The predicted octanol–water partition coefficient (Wildman–Crippen LogP) is 1.55. The average Bonchev–Trinajstić information content (AvgIpc) is 2.40. The fraction of sp³-hybridized carbons (Fsp3) is 0.533. The largest absolute Gasteiger partial charge is 0.508 e. The molecule has 0 saturated carbocycles. The van der Waals surface area contributed by atoms with Crippen LogP contribution in [-0.2, 0) is 11.2 Å². The molecule has 0 radical (unpaired) electrons. The lowest BCUT2D eigenvalue weighted by Gasteiger charge is -2.34. The fourth-order valence-corrected chi connectivity index (χ4v) is 2.40. The van der Waals surface area contributed by atoms with Gasteiger partial charge in [-0.25, -0.2) is 0 Å². The van der Waals surface area contributed by atoms with E-state index in [0.29, 0.717) is 19.4 Å². The molecule has 1 heterocycles. The number of hydrogen-bond donors (Lipinski definition) is 2. The molecule has 1 aliphatic rings. The zero-order chi connectivity index (χ0) is 13.8. The Morgan fingerprint density at radius 3 is 2.84 bits per heavy atom. The highest BCUT2D eigenvalue weighted by Gasteiger charge is 2.26. The third kappa shape index (κ3) is 3.47. The number of piperidine rings is 1. The molecule has 4 nitrogen and oxygen atoms in total. The summed E-state index contributed by atoms with van der Waals surface area (Å²) in [5, 5.41) is 19.4. The van der Waals surface area contributed by atoms with Crippen LogP contribution in [0.25, 0.3) is 0 Å². The van der Waals surface area contributed by atoms with E-state index in [2.05, 4.69) is 0 Å². The van der Waals surface area contributed by atoms with Crippen LogP contribution >= 0.6 is 0 Å². The van der Waals surface area contributed by atoms with Crippen LogP contribution in [-0.4, -0.2) is 40.2 Å². The maximum absolute atomic E-state index is 12.1. The van der Waals surface area contributed by atoms with Crippen LogP contribution in [0.1, 0.15) is 25.3 Å². The van der Waals surface area contributed by atoms with Crippen LogP contribution in [0.5, 0.6) is 5.75 Å². The van der Waals surface area contributed by atoms with Gasteiger partial charge in [0.15, 0.2) is 0 Å². The van der Waals surface area contributed by atoms with Gasteiger partial charge in [-0.05, 0) is 30.4 Å². The maximum Gasteiger partial charge on any atom is 0.222 e. The van der Waals surface area contributed by atoms with E-state index in [9.17, 15) is 15.0 Å². The Bertz CT molecular complexity index is 447. The maximum atomic E-state index is 12.1. The molecule has 1 aromatic rings. The summed E-state index contributed by atoms with van der Waals surface area (Å²) in [6.45, 7) is 3.16. The normalized spacial score (nSPS) is 23.4. The number of aryl methyl sites for hydroxylation is 1. The number of aromatic hydroxyl groups is 1. The van der Waals surface area contributed by atoms with Gasteiger partial charge in [-0.1, -0.05) is 25.1 Å². The van der Waals surface area contributed by atoms with Crippen molar-refractivity contribution in [3.05, 3.63) is 29.8 Å². The Morgan fingerprint density at radius 1 is 1.42 bits per heavy atom. The summed E-state index contributed by atoms with van der Waals surface area (Å²) >= 11 is 0. The molecule has 1 aromatic carbocycles. The van der Waals surface area contributed by atoms with Gasteiger partial charge in [0.25, 0.3) is 0 Å². The Labute approximate surface area is 113 Å². The third-order valence-corrected chi connectivity index (χ3v) is 3.87. The second-order valence-corrected chi connectivity index (χ2v) is 5.30. The molecule has 2 unspecified atom stereocenters. The summed E-state index contributed by atoms with van der Waals surface area (Å²) in [4.78, 5) is 13.8. The summed E-state index contributed by atoms with van der Waals surface area (Å²) in [5.41, 5.74) is 0.793. The van der Waals surface area contributed by atoms with E-state index in [1.807, 2.05) is 19.1 Å². The number of amides is 1. The molecule has 19 heavy (non-hydrogen) atoms. The molecule has 2 atom stereocenters. The van der Waals surface area contributed by atoms with Gasteiger partial charge < -0.3 is 15.1 Å². The summed E-state index contributed by atoms with van der Waals surface area (Å²) in [6.07, 6.45) is 1.35. The van der Waals surface area contributed by atoms with Gasteiger partial charge in [0.05, 0.1) is 6.10 Å². The minimum Gasteiger partial charge on any atom is -0.508 e. The lowest BCUT2D eigenvalue weighted by atomic mass is 9.95. The summed E-state index contributed by atoms with van der Waals surface area (Å²) in [5.74, 6) is 0.555. The van der Waals surface area contributed by atoms with Crippen molar-refractivity contribution in [2.45, 2.75) is 32.3 Å². The molecule has 1 saturated heterocycles. The molecule has 0 aromatic heterocycles. The molecule has 1 aliphatic heterocycles. The monoisotopic (exact) mass is 263 g/mol. The first-order valence-corrected chi connectivity index (χ1v) is 6.80. The highest BCUT2D eigenvalue weighted by molar-refractivity contribution is 5.76. The smallest absolute Gasteiger partial charge is 0.222 e. The minimum absolute atomic E-state index is 0.0502. The fourth-order valence-electron chi connectivity index (χ4n) is 2.40. The first-order chi connectivity index (χ1) is 9.08. The van der Waals surface area contributed by atoms with Crippen molar-refractivity contribution in [2.75, 3.05) is 13.1 Å². The number of hydrogen-bond acceptors (Lipinski definition) is 3. The molecule has 2 rings (SSSR count). The van der Waals surface area contributed by atoms with E-state index < -0.39 is 6.10 Å². The van der Waals surface area contributed by atoms with E-state index in [1.165, 1.54) is 0 Å². The molecule has 2 N–H and O–H groups in total. The topological polar surface area (TPSA) is 60.8 Å². The van der Waals surface area contributed by atoms with E-state index in [-0.39, 0.29) is 17.6 Å². The van der Waals surface area contributed by atoms with Crippen LogP contribution in [0, 0.1) is 5.92 Å². The van der Waals surface area contributed by atoms with Gasteiger partial charge in [-0.3, -0.25) is 4.79 Å². The van der Waals surface area contributed by atoms with Crippen molar-refractivity contribution in [3.63, 3.8) is 0 Å². The number of phenols is 1. The van der Waals surface area contributed by atoms with E-state index in [4.69, 9.17) is 0 Å². The summed E-state index contributed by atoms with van der Waals surface area (Å²) in [7, 11) is 0. The molecule has 1 fully saturated rings. The quantitative estimate of drug-likeness (QED) is 0.870. The zero-order valence-electron chi connectivity index (χ0n) is 11.2. The summed E-state index contributed by atoms with van der Waals surface area (Å²) in [6, 6.07) is 7.08. The SMILES string of the molecule is CC1CCN(C(=O)CCc2ccccc2O)CC1O. The number of para-hydroxylation sites is 1. The van der Waals surface area contributed by atoms with Gasteiger partial charge in [-0.15, -0.1) is 0 Å². The number of phenolic OH excluding ortho intramolecular Hbond substituents is 1. The molecular weight excluding hydrogens is 242 g/mol. The number of β-amino-alcohol motifs (C(OH)–C–C–N with tert-alkyl or cyclic N) is 1. The van der Waals surface area contributed by atoms with Gasteiger partial charge in [-0.2, -0.15) is 0 Å². The zero-order valence-corrected chi connectivity index (χ0v) is 11.2. The minimum atomic E-state index is -0.414. The number of nitrogens with zero attached hydrogens (tertiary/aromatic N) is 1. The first-order valence-electron chi connectivity index (χ1n) is 6.80. The highest BCUT2D eigenvalue weighted by Crippen LogP contribution is 2.20. The number of carbonyl (C=O) groups excluding carboxylic acids is 1. The second kappa shape index (κ2) is 6.06. The Hall–Kier alpha value is -1.55. The van der Waals surface area contributed by atoms with Gasteiger partial charge >= 0.3 is 0 Å². The average molecular weight is 263 g/mol. The second-order valence-electron chi connectivity index (χ2n) is 5.30. The number of aliphatic hydroxyl groups excluding tert-OH is 1. The number of likely N-dealkylation sites (tertiary alicyclic amines) is 1. The van der Waals surface area contributed by atoms with Crippen molar-refractivity contribution in [1.29, 1.82) is 0 Å².